The van der Waals surface area contributed by atoms with Crippen LogP contribution < -0.4 is 0 Å². The van der Waals surface area contributed by atoms with E-state index < -0.39 is 15.6 Å². The summed E-state index contributed by atoms with van der Waals surface area (Å²) in [5, 5.41) is 0. The molecule has 4 nitrogen and oxygen atoms in total. The minimum Gasteiger partial charge on any atom is -0.341 e. The van der Waals surface area contributed by atoms with Crippen molar-refractivity contribution in [3.8, 4) is 0 Å². The molecule has 2 aromatic rings. The Labute approximate surface area is 156 Å². The van der Waals surface area contributed by atoms with Crippen LogP contribution in [0.1, 0.15) is 30.0 Å². The fraction of sp³-hybridized carbons (Fsp3) is 0.381. The third-order valence-electron chi connectivity index (χ3n) is 4.38. The average Bonchev–Trinajstić information content (AvgIpc) is 2.62. The third kappa shape index (κ3) is 6.64. The molecule has 0 unspecified atom stereocenters. The van der Waals surface area contributed by atoms with Gasteiger partial charge in [0, 0.05) is 13.6 Å². The summed E-state index contributed by atoms with van der Waals surface area (Å²) in [6, 6.07) is 17.8. The summed E-state index contributed by atoms with van der Waals surface area (Å²) in [5.74, 6) is -0.748. The highest BCUT2D eigenvalue weighted by Gasteiger charge is 2.19. The second-order valence-corrected chi connectivity index (χ2v) is 8.79. The summed E-state index contributed by atoms with van der Waals surface area (Å²) in [4.78, 5) is 13.7. The molecule has 5 heteroatoms. The summed E-state index contributed by atoms with van der Waals surface area (Å²) in [6.45, 7) is 2.51. The monoisotopic (exact) mass is 373 g/mol. The van der Waals surface area contributed by atoms with Crippen molar-refractivity contribution in [2.24, 2.45) is 0 Å². The van der Waals surface area contributed by atoms with Gasteiger partial charge in [0.1, 0.15) is 5.75 Å². The predicted octanol–water partition coefficient (Wildman–Crippen LogP) is 3.26. The van der Waals surface area contributed by atoms with Gasteiger partial charge in [0.05, 0.1) is 5.75 Å². The number of carbonyl (C=O) groups excluding carboxylic acids is 1. The van der Waals surface area contributed by atoms with Gasteiger partial charge in [-0.3, -0.25) is 4.79 Å². The molecule has 0 heterocycles. The zero-order valence-electron chi connectivity index (χ0n) is 15.5. The highest BCUT2D eigenvalue weighted by molar-refractivity contribution is 7.92. The molecule has 0 aliphatic rings. The van der Waals surface area contributed by atoms with E-state index in [4.69, 9.17) is 0 Å². The largest absolute Gasteiger partial charge is 0.341 e. The Morgan fingerprint density at radius 3 is 2.15 bits per heavy atom. The van der Waals surface area contributed by atoms with Crippen molar-refractivity contribution in [3.63, 3.8) is 0 Å². The first-order valence-electron chi connectivity index (χ1n) is 8.96. The average molecular weight is 374 g/mol. The van der Waals surface area contributed by atoms with Crippen LogP contribution in [0.2, 0.25) is 0 Å². The smallest absolute Gasteiger partial charge is 0.237 e. The van der Waals surface area contributed by atoms with Gasteiger partial charge in [-0.05, 0) is 36.0 Å². The Morgan fingerprint density at radius 2 is 1.54 bits per heavy atom. The maximum atomic E-state index is 12.3. The molecule has 0 bridgehead atoms. The fourth-order valence-corrected chi connectivity index (χ4v) is 4.08. The van der Waals surface area contributed by atoms with E-state index in [1.54, 1.807) is 7.05 Å². The summed E-state index contributed by atoms with van der Waals surface area (Å²) >= 11 is 0. The molecule has 0 saturated carbocycles. The minimum atomic E-state index is -3.39. The lowest BCUT2D eigenvalue weighted by molar-refractivity contribution is -0.127. The highest BCUT2D eigenvalue weighted by atomic mass is 32.2. The van der Waals surface area contributed by atoms with E-state index in [-0.39, 0.29) is 11.7 Å². The topological polar surface area (TPSA) is 54.5 Å². The lowest BCUT2D eigenvalue weighted by Gasteiger charge is -2.17. The van der Waals surface area contributed by atoms with E-state index in [1.807, 2.05) is 54.6 Å². The minimum absolute atomic E-state index is 0.0344. The van der Waals surface area contributed by atoms with Gasteiger partial charge < -0.3 is 4.90 Å². The van der Waals surface area contributed by atoms with Crippen molar-refractivity contribution in [1.29, 1.82) is 0 Å². The van der Waals surface area contributed by atoms with Crippen LogP contribution in [0.4, 0.5) is 0 Å². The highest BCUT2D eigenvalue weighted by Crippen LogP contribution is 2.09. The van der Waals surface area contributed by atoms with E-state index in [0.717, 1.165) is 17.5 Å². The molecule has 0 N–H and O–H groups in total. The summed E-state index contributed by atoms with van der Waals surface area (Å²) < 4.78 is 24.4. The van der Waals surface area contributed by atoms with Gasteiger partial charge in [-0.25, -0.2) is 8.42 Å². The first-order valence-corrected chi connectivity index (χ1v) is 10.8. The molecule has 2 rings (SSSR count). The molecule has 0 atom stereocenters. The van der Waals surface area contributed by atoms with Crippen LogP contribution in [-0.4, -0.2) is 37.8 Å². The van der Waals surface area contributed by atoms with Gasteiger partial charge in [-0.1, -0.05) is 61.5 Å². The van der Waals surface area contributed by atoms with E-state index >= 15 is 0 Å². The SMILES string of the molecule is CCc1ccc(CN(C)C(=O)CS(=O)(=O)CCCc2ccccc2)cc1. The summed E-state index contributed by atoms with van der Waals surface area (Å²) in [6.07, 6.45) is 2.20. The van der Waals surface area contributed by atoms with Crippen molar-refractivity contribution in [1.82, 2.24) is 4.90 Å². The van der Waals surface area contributed by atoms with Crippen LogP contribution in [0, 0.1) is 0 Å². The van der Waals surface area contributed by atoms with Gasteiger partial charge in [-0.15, -0.1) is 0 Å². The maximum Gasteiger partial charge on any atom is 0.237 e. The van der Waals surface area contributed by atoms with Gasteiger partial charge in [0.25, 0.3) is 0 Å². The second kappa shape index (κ2) is 9.53. The molecule has 0 aliphatic carbocycles. The molecule has 0 aromatic heterocycles. The lowest BCUT2D eigenvalue weighted by atomic mass is 10.1. The summed E-state index contributed by atoms with van der Waals surface area (Å²) in [5.41, 5.74) is 3.35. The molecule has 26 heavy (non-hydrogen) atoms. The number of nitrogens with zero attached hydrogens (tertiary/aromatic N) is 1. The molecule has 0 saturated heterocycles. The molecular formula is C21H27NO3S. The number of hydrogen-bond acceptors (Lipinski definition) is 3. The predicted molar refractivity (Wildman–Crippen MR) is 106 cm³/mol. The van der Waals surface area contributed by atoms with Gasteiger partial charge in [0.2, 0.25) is 5.91 Å². The third-order valence-corrected chi connectivity index (χ3v) is 5.98. The molecule has 0 fully saturated rings. The van der Waals surface area contributed by atoms with Crippen molar-refractivity contribution in [2.45, 2.75) is 32.7 Å². The standard InChI is InChI=1S/C21H27NO3S/c1-3-18-11-13-20(14-12-18)16-22(2)21(23)17-26(24,25)15-7-10-19-8-5-4-6-9-19/h4-6,8-9,11-14H,3,7,10,15-17H2,1-2H3. The van der Waals surface area contributed by atoms with Crippen LogP contribution in [0.25, 0.3) is 0 Å². The van der Waals surface area contributed by atoms with Crippen molar-refractivity contribution in [3.05, 3.63) is 71.3 Å². The normalized spacial score (nSPS) is 11.3. The molecule has 140 valence electrons. The number of rotatable bonds is 9. The van der Waals surface area contributed by atoms with Gasteiger partial charge in [-0.2, -0.15) is 0 Å². The number of amides is 1. The lowest BCUT2D eigenvalue weighted by Crippen LogP contribution is -2.33. The van der Waals surface area contributed by atoms with Crippen LogP contribution in [0.15, 0.2) is 54.6 Å². The Morgan fingerprint density at radius 1 is 0.923 bits per heavy atom. The van der Waals surface area contributed by atoms with Crippen LogP contribution in [-0.2, 0) is 34.0 Å². The molecule has 1 amide bonds. The molecule has 0 radical (unpaired) electrons. The Bertz CT molecular complexity index is 799. The zero-order chi connectivity index (χ0) is 19.0. The Balaban J connectivity index is 1.81. The van der Waals surface area contributed by atoms with Crippen molar-refractivity contribution >= 4 is 15.7 Å². The molecule has 0 spiro atoms. The van der Waals surface area contributed by atoms with Crippen LogP contribution >= 0.6 is 0 Å². The van der Waals surface area contributed by atoms with Crippen molar-refractivity contribution < 1.29 is 13.2 Å². The number of benzene rings is 2. The summed E-state index contributed by atoms with van der Waals surface area (Å²) in [7, 11) is -1.74. The Hall–Kier alpha value is -2.14. The molecule has 2 aromatic carbocycles. The number of hydrogen-bond donors (Lipinski definition) is 0. The van der Waals surface area contributed by atoms with E-state index in [0.29, 0.717) is 19.4 Å². The van der Waals surface area contributed by atoms with Gasteiger partial charge >= 0.3 is 0 Å². The van der Waals surface area contributed by atoms with E-state index in [1.165, 1.54) is 10.5 Å². The first-order chi connectivity index (χ1) is 12.4. The van der Waals surface area contributed by atoms with E-state index in [2.05, 4.69) is 6.92 Å². The number of carbonyl (C=O) groups is 1. The van der Waals surface area contributed by atoms with Crippen LogP contribution in [0.3, 0.4) is 0 Å². The number of sulfone groups is 1. The fourth-order valence-electron chi connectivity index (χ4n) is 2.75. The molecule has 0 aliphatic heterocycles. The van der Waals surface area contributed by atoms with E-state index in [9.17, 15) is 13.2 Å². The zero-order valence-corrected chi connectivity index (χ0v) is 16.3. The second-order valence-electron chi connectivity index (χ2n) is 6.60. The number of aryl methyl sites for hydroxylation is 2. The maximum absolute atomic E-state index is 12.3. The van der Waals surface area contributed by atoms with Gasteiger partial charge in [0.15, 0.2) is 9.84 Å². The molecular weight excluding hydrogens is 346 g/mol. The first kappa shape index (κ1) is 20.2. The Kier molecular flexibility index (Phi) is 7.39. The van der Waals surface area contributed by atoms with Crippen LogP contribution in [0.5, 0.6) is 0 Å². The van der Waals surface area contributed by atoms with Crippen molar-refractivity contribution in [2.75, 3.05) is 18.6 Å². The quantitative estimate of drug-likeness (QED) is 0.678.